The molecule has 80 valence electrons. The normalized spacial score (nSPS) is 25.4. The Bertz CT molecular complexity index is 381. The largest absolute Gasteiger partial charge is 0.480 e. The summed E-state index contributed by atoms with van der Waals surface area (Å²) >= 11 is 0. The predicted octanol–water partition coefficient (Wildman–Crippen LogP) is 1.66. The van der Waals surface area contributed by atoms with Crippen LogP contribution in [0.1, 0.15) is 24.0 Å². The molecule has 1 aromatic rings. The van der Waals surface area contributed by atoms with Crippen molar-refractivity contribution in [2.75, 3.05) is 6.54 Å². The zero-order chi connectivity index (χ0) is 10.9. The Morgan fingerprint density at radius 3 is 2.87 bits per heavy atom. The number of aryl methyl sites for hydroxylation is 1. The molecule has 0 amide bonds. The fraction of sp³-hybridized carbons (Fsp3) is 0.417. The number of carboxylic acid groups (broad SMARTS) is 1. The number of benzene rings is 1. The van der Waals surface area contributed by atoms with Crippen LogP contribution in [0, 0.1) is 6.92 Å². The van der Waals surface area contributed by atoms with Gasteiger partial charge in [-0.1, -0.05) is 29.8 Å². The van der Waals surface area contributed by atoms with Crippen molar-refractivity contribution < 1.29 is 9.90 Å². The average molecular weight is 205 g/mol. The van der Waals surface area contributed by atoms with Crippen LogP contribution in [0.25, 0.3) is 0 Å². The van der Waals surface area contributed by atoms with Gasteiger partial charge in [-0.25, -0.2) is 4.79 Å². The summed E-state index contributed by atoms with van der Waals surface area (Å²) in [5.41, 5.74) is 1.11. The number of rotatable bonds is 2. The molecule has 1 aliphatic rings. The topological polar surface area (TPSA) is 49.3 Å². The first-order chi connectivity index (χ1) is 7.15. The molecule has 0 saturated carbocycles. The minimum absolute atomic E-state index is 0.672. The predicted molar refractivity (Wildman–Crippen MR) is 57.7 cm³/mol. The summed E-state index contributed by atoms with van der Waals surface area (Å²) in [7, 11) is 0. The molecule has 1 unspecified atom stereocenters. The molecule has 3 heteroatoms. The lowest BCUT2D eigenvalue weighted by molar-refractivity contribution is -0.144. The Morgan fingerprint density at radius 1 is 1.53 bits per heavy atom. The lowest BCUT2D eigenvalue weighted by Gasteiger charge is -2.25. The van der Waals surface area contributed by atoms with Crippen LogP contribution >= 0.6 is 0 Å². The first-order valence-electron chi connectivity index (χ1n) is 5.21. The maximum atomic E-state index is 11.4. The van der Waals surface area contributed by atoms with Crippen LogP contribution < -0.4 is 5.32 Å². The van der Waals surface area contributed by atoms with E-state index in [1.165, 1.54) is 0 Å². The van der Waals surface area contributed by atoms with Crippen molar-refractivity contribution in [1.29, 1.82) is 0 Å². The minimum Gasteiger partial charge on any atom is -0.480 e. The summed E-state index contributed by atoms with van der Waals surface area (Å²) in [5, 5.41) is 12.5. The number of hydrogen-bond donors (Lipinski definition) is 2. The maximum absolute atomic E-state index is 11.4. The molecule has 1 atom stereocenters. The second-order valence-electron chi connectivity index (χ2n) is 4.11. The maximum Gasteiger partial charge on any atom is 0.328 e. The van der Waals surface area contributed by atoms with Gasteiger partial charge < -0.3 is 5.11 Å². The molecule has 1 fully saturated rings. The van der Waals surface area contributed by atoms with Gasteiger partial charge in [0, 0.05) is 0 Å². The van der Waals surface area contributed by atoms with Crippen molar-refractivity contribution in [2.45, 2.75) is 25.3 Å². The highest BCUT2D eigenvalue weighted by molar-refractivity contribution is 5.81. The van der Waals surface area contributed by atoms with Crippen molar-refractivity contribution in [3.8, 4) is 0 Å². The Morgan fingerprint density at radius 2 is 2.33 bits per heavy atom. The van der Waals surface area contributed by atoms with E-state index < -0.39 is 11.5 Å². The van der Waals surface area contributed by atoms with Gasteiger partial charge in [0.25, 0.3) is 0 Å². The molecule has 1 saturated heterocycles. The second-order valence-corrected chi connectivity index (χ2v) is 4.11. The zero-order valence-corrected chi connectivity index (χ0v) is 8.79. The number of hydrogen-bond acceptors (Lipinski definition) is 2. The summed E-state index contributed by atoms with van der Waals surface area (Å²) in [5.74, 6) is -0.773. The Labute approximate surface area is 89.1 Å². The van der Waals surface area contributed by atoms with Gasteiger partial charge in [-0.05, 0) is 31.9 Å². The van der Waals surface area contributed by atoms with E-state index >= 15 is 0 Å². The molecule has 3 nitrogen and oxygen atoms in total. The summed E-state index contributed by atoms with van der Waals surface area (Å²) in [4.78, 5) is 11.4. The van der Waals surface area contributed by atoms with Crippen LogP contribution in [0.15, 0.2) is 24.3 Å². The molecule has 0 spiro atoms. The lowest BCUT2D eigenvalue weighted by Crippen LogP contribution is -2.44. The highest BCUT2D eigenvalue weighted by Gasteiger charge is 2.42. The Kier molecular flexibility index (Phi) is 2.49. The average Bonchev–Trinajstić information content (AvgIpc) is 2.67. The molecule has 1 heterocycles. The summed E-state index contributed by atoms with van der Waals surface area (Å²) in [6.45, 7) is 2.76. The third-order valence-corrected chi connectivity index (χ3v) is 3.03. The first kappa shape index (κ1) is 10.2. The molecule has 0 aliphatic carbocycles. The third-order valence-electron chi connectivity index (χ3n) is 3.03. The van der Waals surface area contributed by atoms with Gasteiger partial charge in [-0.2, -0.15) is 0 Å². The Hall–Kier alpha value is -1.35. The molecule has 15 heavy (non-hydrogen) atoms. The number of aliphatic carboxylic acids is 1. The van der Waals surface area contributed by atoms with E-state index in [1.54, 1.807) is 0 Å². The van der Waals surface area contributed by atoms with Crippen molar-refractivity contribution >= 4 is 5.97 Å². The van der Waals surface area contributed by atoms with Crippen molar-refractivity contribution in [1.82, 2.24) is 5.32 Å². The molecular formula is C12H15NO2. The molecule has 0 bridgehead atoms. The molecular weight excluding hydrogens is 190 g/mol. The summed E-state index contributed by atoms with van der Waals surface area (Å²) < 4.78 is 0. The van der Waals surface area contributed by atoms with Gasteiger partial charge in [-0.15, -0.1) is 0 Å². The van der Waals surface area contributed by atoms with E-state index in [2.05, 4.69) is 5.32 Å². The number of carboxylic acids is 1. The van der Waals surface area contributed by atoms with Crippen LogP contribution in [0.3, 0.4) is 0 Å². The Balaban J connectivity index is 2.45. The van der Waals surface area contributed by atoms with Crippen LogP contribution in [0.4, 0.5) is 0 Å². The second kappa shape index (κ2) is 3.66. The van der Waals surface area contributed by atoms with Gasteiger partial charge in [0.15, 0.2) is 0 Å². The number of nitrogens with one attached hydrogen (secondary N) is 1. The molecule has 0 aromatic heterocycles. The summed E-state index contributed by atoms with van der Waals surface area (Å²) in [6.07, 6.45) is 1.59. The van der Waals surface area contributed by atoms with Gasteiger partial charge in [0.1, 0.15) is 5.54 Å². The number of carbonyl (C=O) groups is 1. The monoisotopic (exact) mass is 205 g/mol. The highest BCUT2D eigenvalue weighted by Crippen LogP contribution is 2.31. The quantitative estimate of drug-likeness (QED) is 0.772. The third kappa shape index (κ3) is 1.63. The SMILES string of the molecule is Cc1cccc(C2(C(=O)O)CCCN2)c1. The van der Waals surface area contributed by atoms with Crippen LogP contribution in [-0.2, 0) is 10.3 Å². The van der Waals surface area contributed by atoms with E-state index in [-0.39, 0.29) is 0 Å². The molecule has 0 radical (unpaired) electrons. The van der Waals surface area contributed by atoms with E-state index in [4.69, 9.17) is 0 Å². The van der Waals surface area contributed by atoms with Crippen LogP contribution in [0.5, 0.6) is 0 Å². The first-order valence-corrected chi connectivity index (χ1v) is 5.21. The molecule has 1 aliphatic heterocycles. The summed E-state index contributed by atoms with van der Waals surface area (Å²) in [6, 6.07) is 7.73. The highest BCUT2D eigenvalue weighted by atomic mass is 16.4. The molecule has 2 N–H and O–H groups in total. The zero-order valence-electron chi connectivity index (χ0n) is 8.79. The van der Waals surface area contributed by atoms with Gasteiger partial charge in [0.2, 0.25) is 0 Å². The van der Waals surface area contributed by atoms with Crippen LogP contribution in [0.2, 0.25) is 0 Å². The standard InChI is InChI=1S/C12H15NO2/c1-9-4-2-5-10(8-9)12(11(14)15)6-3-7-13-12/h2,4-5,8,13H,3,6-7H2,1H3,(H,14,15). The van der Waals surface area contributed by atoms with E-state index in [0.717, 1.165) is 24.1 Å². The smallest absolute Gasteiger partial charge is 0.328 e. The fourth-order valence-electron chi connectivity index (χ4n) is 2.21. The van der Waals surface area contributed by atoms with Crippen molar-refractivity contribution in [3.63, 3.8) is 0 Å². The van der Waals surface area contributed by atoms with Crippen LogP contribution in [-0.4, -0.2) is 17.6 Å². The van der Waals surface area contributed by atoms with E-state index in [9.17, 15) is 9.90 Å². The van der Waals surface area contributed by atoms with Crippen molar-refractivity contribution in [2.24, 2.45) is 0 Å². The molecule has 1 aromatic carbocycles. The minimum atomic E-state index is -0.855. The van der Waals surface area contributed by atoms with E-state index in [1.807, 2.05) is 31.2 Å². The lowest BCUT2D eigenvalue weighted by atomic mass is 9.88. The molecule has 2 rings (SSSR count). The van der Waals surface area contributed by atoms with Crippen molar-refractivity contribution in [3.05, 3.63) is 35.4 Å². The van der Waals surface area contributed by atoms with E-state index in [0.29, 0.717) is 6.42 Å². The van der Waals surface area contributed by atoms with Gasteiger partial charge >= 0.3 is 5.97 Å². The fourth-order valence-corrected chi connectivity index (χ4v) is 2.21. The van der Waals surface area contributed by atoms with Gasteiger partial charge in [0.05, 0.1) is 0 Å². The van der Waals surface area contributed by atoms with Gasteiger partial charge in [-0.3, -0.25) is 5.32 Å².